The molecule has 0 fully saturated rings. The summed E-state index contributed by atoms with van der Waals surface area (Å²) in [5.74, 6) is -1.83. The van der Waals surface area contributed by atoms with Crippen LogP contribution in [0, 0.1) is 5.82 Å². The van der Waals surface area contributed by atoms with Crippen LogP contribution in [0.15, 0.2) is 36.4 Å². The Morgan fingerprint density at radius 1 is 1.20 bits per heavy atom. The predicted molar refractivity (Wildman–Crippen MR) is 71.2 cm³/mol. The van der Waals surface area contributed by atoms with Crippen molar-refractivity contribution in [1.29, 1.82) is 0 Å². The first-order chi connectivity index (χ1) is 9.56. The van der Waals surface area contributed by atoms with Gasteiger partial charge in [-0.15, -0.1) is 0 Å². The smallest absolute Gasteiger partial charge is 0.299 e. The average Bonchev–Trinajstić information content (AvgIpc) is 2.64. The molecule has 0 saturated carbocycles. The molecule has 2 heterocycles. The van der Waals surface area contributed by atoms with Gasteiger partial charge in [-0.1, -0.05) is 17.7 Å². The van der Waals surface area contributed by atoms with Gasteiger partial charge in [0.25, 0.3) is 11.7 Å². The molecule has 0 N–H and O–H groups in total. The number of ketones is 1. The highest BCUT2D eigenvalue weighted by atomic mass is 35.5. The van der Waals surface area contributed by atoms with E-state index in [0.717, 1.165) is 6.07 Å². The lowest BCUT2D eigenvalue weighted by Gasteiger charge is -2.16. The summed E-state index contributed by atoms with van der Waals surface area (Å²) in [6, 6.07) is 8.63. The van der Waals surface area contributed by atoms with Gasteiger partial charge in [-0.3, -0.25) is 14.5 Å². The molecule has 1 aliphatic rings. The summed E-state index contributed by atoms with van der Waals surface area (Å²) in [4.78, 5) is 29.0. The van der Waals surface area contributed by atoms with E-state index in [1.807, 2.05) is 0 Å². The lowest BCUT2D eigenvalue weighted by Crippen LogP contribution is -2.29. The van der Waals surface area contributed by atoms with Crippen LogP contribution in [0.3, 0.4) is 0 Å². The van der Waals surface area contributed by atoms with Crippen LogP contribution >= 0.6 is 11.6 Å². The van der Waals surface area contributed by atoms with Crippen molar-refractivity contribution < 1.29 is 14.0 Å². The number of carbonyl (C=O) groups is 2. The lowest BCUT2D eigenvalue weighted by atomic mass is 10.1. The monoisotopic (exact) mass is 290 g/mol. The molecule has 100 valence electrons. The van der Waals surface area contributed by atoms with Crippen molar-refractivity contribution in [2.75, 3.05) is 4.90 Å². The average molecular weight is 291 g/mol. The van der Waals surface area contributed by atoms with Crippen molar-refractivity contribution in [3.05, 3.63) is 58.6 Å². The van der Waals surface area contributed by atoms with Crippen molar-refractivity contribution in [1.82, 2.24) is 4.98 Å². The number of hydrogen-bond acceptors (Lipinski definition) is 3. The molecule has 0 saturated heterocycles. The minimum absolute atomic E-state index is 0.0710. The number of rotatable bonds is 2. The van der Waals surface area contributed by atoms with E-state index < -0.39 is 17.5 Å². The molecular weight excluding hydrogens is 283 g/mol. The zero-order valence-electron chi connectivity index (χ0n) is 10.1. The summed E-state index contributed by atoms with van der Waals surface area (Å²) in [5.41, 5.74) is 0.996. The topological polar surface area (TPSA) is 50.3 Å². The van der Waals surface area contributed by atoms with E-state index in [-0.39, 0.29) is 17.8 Å². The molecule has 1 aliphatic heterocycles. The van der Waals surface area contributed by atoms with E-state index in [1.54, 1.807) is 18.2 Å². The Labute approximate surface area is 118 Å². The fourth-order valence-corrected chi connectivity index (χ4v) is 2.31. The van der Waals surface area contributed by atoms with Gasteiger partial charge in [-0.2, -0.15) is 0 Å². The molecule has 4 nitrogen and oxygen atoms in total. The molecule has 1 aromatic carbocycles. The molecule has 0 spiro atoms. The second-order valence-corrected chi connectivity index (χ2v) is 4.72. The number of pyridine rings is 1. The molecule has 1 amide bonds. The van der Waals surface area contributed by atoms with E-state index in [1.165, 1.54) is 17.0 Å². The summed E-state index contributed by atoms with van der Waals surface area (Å²) in [6.07, 6.45) is 0. The number of amides is 1. The first-order valence-corrected chi connectivity index (χ1v) is 6.21. The van der Waals surface area contributed by atoms with Gasteiger partial charge >= 0.3 is 0 Å². The van der Waals surface area contributed by atoms with Gasteiger partial charge in [0.2, 0.25) is 0 Å². The van der Waals surface area contributed by atoms with E-state index >= 15 is 0 Å². The number of nitrogens with zero attached hydrogens (tertiary/aromatic N) is 2. The summed E-state index contributed by atoms with van der Waals surface area (Å²) in [5, 5.41) is 0.292. The molecule has 1 aromatic heterocycles. The van der Waals surface area contributed by atoms with Gasteiger partial charge in [-0.05, 0) is 30.3 Å². The highest BCUT2D eigenvalue weighted by molar-refractivity contribution is 6.52. The Hall–Kier alpha value is -2.27. The first-order valence-electron chi connectivity index (χ1n) is 5.83. The Balaban J connectivity index is 2.01. The standard InChI is InChI=1S/C14H8ClFN2O2/c15-12-3-1-2-9(17-12)7-18-11-6-8(16)4-5-10(11)13(19)14(18)20/h1-6H,7H2. The van der Waals surface area contributed by atoms with Crippen LogP contribution in [0.1, 0.15) is 16.1 Å². The van der Waals surface area contributed by atoms with Crippen molar-refractivity contribution in [2.24, 2.45) is 0 Å². The maximum Gasteiger partial charge on any atom is 0.299 e. The van der Waals surface area contributed by atoms with Crippen LogP contribution in [0.25, 0.3) is 0 Å². The second kappa shape index (κ2) is 4.68. The number of hydrogen-bond donors (Lipinski definition) is 0. The SMILES string of the molecule is O=C1C(=O)N(Cc2cccc(Cl)n2)c2cc(F)ccc21. The summed E-state index contributed by atoms with van der Waals surface area (Å²) in [6.45, 7) is 0.0710. The molecule has 2 aromatic rings. The third-order valence-electron chi connectivity index (χ3n) is 3.03. The Bertz CT molecular complexity index is 733. The van der Waals surface area contributed by atoms with Crippen molar-refractivity contribution in [2.45, 2.75) is 6.54 Å². The Morgan fingerprint density at radius 3 is 2.75 bits per heavy atom. The number of fused-ring (bicyclic) bond motifs is 1. The molecule has 3 rings (SSSR count). The number of aromatic nitrogens is 1. The van der Waals surface area contributed by atoms with Gasteiger partial charge in [0.1, 0.15) is 11.0 Å². The fraction of sp³-hybridized carbons (Fsp3) is 0.0714. The second-order valence-electron chi connectivity index (χ2n) is 4.33. The predicted octanol–water partition coefficient (Wildman–Crippen LogP) is 2.60. The lowest BCUT2D eigenvalue weighted by molar-refractivity contribution is -0.114. The fourth-order valence-electron chi connectivity index (χ4n) is 2.12. The van der Waals surface area contributed by atoms with Crippen LogP contribution in [-0.2, 0) is 11.3 Å². The quantitative estimate of drug-likeness (QED) is 0.631. The minimum atomic E-state index is -0.688. The molecule has 0 unspecified atom stereocenters. The summed E-state index contributed by atoms with van der Waals surface area (Å²) < 4.78 is 13.3. The van der Waals surface area contributed by atoms with Gasteiger partial charge in [0.05, 0.1) is 23.5 Å². The normalized spacial score (nSPS) is 13.8. The van der Waals surface area contributed by atoms with Crippen molar-refractivity contribution in [3.8, 4) is 0 Å². The minimum Gasteiger partial charge on any atom is -0.299 e. The maximum absolute atomic E-state index is 13.3. The van der Waals surface area contributed by atoms with Crippen LogP contribution in [0.4, 0.5) is 10.1 Å². The van der Waals surface area contributed by atoms with Crippen molar-refractivity contribution in [3.63, 3.8) is 0 Å². The van der Waals surface area contributed by atoms with Gasteiger partial charge < -0.3 is 0 Å². The van der Waals surface area contributed by atoms with E-state index in [0.29, 0.717) is 10.8 Å². The molecule has 0 atom stereocenters. The molecule has 0 aliphatic carbocycles. The molecular formula is C14H8ClFN2O2. The third kappa shape index (κ3) is 2.06. The van der Waals surface area contributed by atoms with E-state index in [9.17, 15) is 14.0 Å². The molecule has 0 radical (unpaired) electrons. The highest BCUT2D eigenvalue weighted by Gasteiger charge is 2.36. The van der Waals surface area contributed by atoms with Crippen molar-refractivity contribution >= 4 is 29.0 Å². The molecule has 0 bridgehead atoms. The molecule has 20 heavy (non-hydrogen) atoms. The number of benzene rings is 1. The van der Waals surface area contributed by atoms with Crippen LogP contribution in [0.5, 0.6) is 0 Å². The summed E-state index contributed by atoms with van der Waals surface area (Å²) in [7, 11) is 0. The van der Waals surface area contributed by atoms with E-state index in [2.05, 4.69) is 4.98 Å². The zero-order chi connectivity index (χ0) is 14.3. The van der Waals surface area contributed by atoms with Gasteiger partial charge in [-0.25, -0.2) is 9.37 Å². The van der Waals surface area contributed by atoms with E-state index in [4.69, 9.17) is 11.6 Å². The number of halogens is 2. The number of Topliss-reactive ketones (excluding diaryl/α,β-unsaturated/α-hetero) is 1. The third-order valence-corrected chi connectivity index (χ3v) is 3.24. The number of carbonyl (C=O) groups excluding carboxylic acids is 2. The Morgan fingerprint density at radius 2 is 2.00 bits per heavy atom. The zero-order valence-corrected chi connectivity index (χ0v) is 10.9. The van der Waals surface area contributed by atoms with Gasteiger partial charge in [0, 0.05) is 0 Å². The largest absolute Gasteiger partial charge is 0.299 e. The van der Waals surface area contributed by atoms with Crippen LogP contribution in [-0.4, -0.2) is 16.7 Å². The highest BCUT2D eigenvalue weighted by Crippen LogP contribution is 2.30. The number of anilines is 1. The molecule has 6 heteroatoms. The Kier molecular flexibility index (Phi) is 2.99. The van der Waals surface area contributed by atoms with Crippen LogP contribution < -0.4 is 4.90 Å². The summed E-state index contributed by atoms with van der Waals surface area (Å²) >= 11 is 5.78. The first kappa shape index (κ1) is 12.7. The maximum atomic E-state index is 13.3. The van der Waals surface area contributed by atoms with Crippen LogP contribution in [0.2, 0.25) is 5.15 Å². The van der Waals surface area contributed by atoms with Gasteiger partial charge in [0.15, 0.2) is 0 Å².